The van der Waals surface area contributed by atoms with Crippen LogP contribution in [0.15, 0.2) is 18.2 Å². The van der Waals surface area contributed by atoms with Crippen LogP contribution in [0.1, 0.15) is 12.5 Å². The fourth-order valence-corrected chi connectivity index (χ4v) is 3.01. The third-order valence-electron chi connectivity index (χ3n) is 3.77. The normalized spacial score (nSPS) is 22.5. The lowest BCUT2D eigenvalue weighted by Gasteiger charge is -2.23. The second-order valence-corrected chi connectivity index (χ2v) is 5.39. The number of para-hydroxylation sites is 1. The van der Waals surface area contributed by atoms with Gasteiger partial charge in [0.2, 0.25) is 0 Å². The van der Waals surface area contributed by atoms with Crippen molar-refractivity contribution in [3.63, 3.8) is 0 Å². The van der Waals surface area contributed by atoms with E-state index in [2.05, 4.69) is 23.2 Å². The predicted octanol–water partition coefficient (Wildman–Crippen LogP) is 2.30. The van der Waals surface area contributed by atoms with Gasteiger partial charge in [0.05, 0.1) is 10.7 Å². The molecule has 1 aromatic rings. The Kier molecular flexibility index (Phi) is 5.66. The van der Waals surface area contributed by atoms with Crippen molar-refractivity contribution >= 4 is 17.3 Å². The Bertz CT molecular complexity index is 430. The number of halogens is 1. The van der Waals surface area contributed by atoms with Crippen LogP contribution in [0.2, 0.25) is 5.02 Å². The van der Waals surface area contributed by atoms with Gasteiger partial charge in [-0.2, -0.15) is 0 Å². The lowest BCUT2D eigenvalue weighted by Crippen LogP contribution is -2.27. The summed E-state index contributed by atoms with van der Waals surface area (Å²) in [6, 6.07) is 6.05. The average molecular weight is 299 g/mol. The van der Waals surface area contributed by atoms with E-state index in [9.17, 15) is 0 Å². The zero-order valence-electron chi connectivity index (χ0n) is 12.4. The SMILES string of the molecule is CCNCc1cccc(Cl)c1N1CC(OC)C(OC)C1. The van der Waals surface area contributed by atoms with Crippen LogP contribution in [0, 0.1) is 0 Å². The Morgan fingerprint density at radius 1 is 1.25 bits per heavy atom. The monoisotopic (exact) mass is 298 g/mol. The molecular weight excluding hydrogens is 276 g/mol. The molecule has 2 atom stereocenters. The van der Waals surface area contributed by atoms with Crippen molar-refractivity contribution in [3.05, 3.63) is 28.8 Å². The first-order valence-electron chi connectivity index (χ1n) is 6.99. The molecule has 0 aliphatic carbocycles. The van der Waals surface area contributed by atoms with E-state index in [1.165, 1.54) is 5.56 Å². The summed E-state index contributed by atoms with van der Waals surface area (Å²) >= 11 is 6.42. The first-order chi connectivity index (χ1) is 9.71. The van der Waals surface area contributed by atoms with Crippen LogP contribution >= 0.6 is 11.6 Å². The number of hydrogen-bond donors (Lipinski definition) is 1. The molecule has 112 valence electrons. The molecule has 1 saturated heterocycles. The maximum absolute atomic E-state index is 6.42. The van der Waals surface area contributed by atoms with Crippen molar-refractivity contribution in [3.8, 4) is 0 Å². The molecule has 4 nitrogen and oxygen atoms in total. The number of ether oxygens (including phenoxy) is 2. The summed E-state index contributed by atoms with van der Waals surface area (Å²) in [7, 11) is 3.46. The van der Waals surface area contributed by atoms with Crippen molar-refractivity contribution in [2.75, 3.05) is 38.8 Å². The summed E-state index contributed by atoms with van der Waals surface area (Å²) in [5.41, 5.74) is 2.31. The minimum atomic E-state index is 0.0863. The fraction of sp³-hybridized carbons (Fsp3) is 0.600. The van der Waals surface area contributed by atoms with Gasteiger partial charge in [-0.05, 0) is 18.2 Å². The lowest BCUT2D eigenvalue weighted by molar-refractivity contribution is -0.00461. The van der Waals surface area contributed by atoms with E-state index < -0.39 is 0 Å². The van der Waals surface area contributed by atoms with Crippen molar-refractivity contribution < 1.29 is 9.47 Å². The highest BCUT2D eigenvalue weighted by Gasteiger charge is 2.34. The molecule has 1 aromatic carbocycles. The topological polar surface area (TPSA) is 33.7 Å². The van der Waals surface area contributed by atoms with Crippen LogP contribution in [-0.4, -0.2) is 46.1 Å². The van der Waals surface area contributed by atoms with Crippen molar-refractivity contribution in [2.24, 2.45) is 0 Å². The molecule has 2 rings (SSSR count). The number of anilines is 1. The van der Waals surface area contributed by atoms with Crippen LogP contribution in [-0.2, 0) is 16.0 Å². The summed E-state index contributed by atoms with van der Waals surface area (Å²) in [6.45, 7) is 5.46. The van der Waals surface area contributed by atoms with Crippen LogP contribution in [0.5, 0.6) is 0 Å². The van der Waals surface area contributed by atoms with E-state index in [0.29, 0.717) is 0 Å². The van der Waals surface area contributed by atoms with E-state index in [1.54, 1.807) is 14.2 Å². The van der Waals surface area contributed by atoms with E-state index >= 15 is 0 Å². The van der Waals surface area contributed by atoms with Gasteiger partial charge in [0, 0.05) is 33.9 Å². The maximum atomic E-state index is 6.42. The summed E-state index contributed by atoms with van der Waals surface area (Å²) in [5, 5.41) is 4.14. The predicted molar refractivity (Wildman–Crippen MR) is 82.6 cm³/mol. The molecule has 1 N–H and O–H groups in total. The molecule has 0 spiro atoms. The highest BCUT2D eigenvalue weighted by atomic mass is 35.5. The molecule has 0 radical (unpaired) electrons. The van der Waals surface area contributed by atoms with Gasteiger partial charge < -0.3 is 19.7 Å². The number of nitrogens with zero attached hydrogens (tertiary/aromatic N) is 1. The van der Waals surface area contributed by atoms with E-state index in [-0.39, 0.29) is 12.2 Å². The molecule has 0 bridgehead atoms. The summed E-state index contributed by atoms with van der Waals surface area (Å²) in [6.07, 6.45) is 0.173. The molecule has 1 fully saturated rings. The molecule has 0 saturated carbocycles. The second kappa shape index (κ2) is 7.27. The largest absolute Gasteiger partial charge is 0.377 e. The Morgan fingerprint density at radius 2 is 1.90 bits per heavy atom. The number of hydrogen-bond acceptors (Lipinski definition) is 4. The van der Waals surface area contributed by atoms with Gasteiger partial charge in [-0.3, -0.25) is 0 Å². The van der Waals surface area contributed by atoms with Crippen LogP contribution in [0.3, 0.4) is 0 Å². The number of methoxy groups -OCH3 is 2. The summed E-state index contributed by atoms with van der Waals surface area (Å²) in [5.74, 6) is 0. The minimum absolute atomic E-state index is 0.0863. The van der Waals surface area contributed by atoms with Gasteiger partial charge in [-0.25, -0.2) is 0 Å². The highest BCUT2D eigenvalue weighted by molar-refractivity contribution is 6.33. The summed E-state index contributed by atoms with van der Waals surface area (Å²) in [4.78, 5) is 2.26. The van der Waals surface area contributed by atoms with E-state index in [1.807, 2.05) is 12.1 Å². The van der Waals surface area contributed by atoms with Crippen LogP contribution in [0.25, 0.3) is 0 Å². The van der Waals surface area contributed by atoms with Crippen LogP contribution in [0.4, 0.5) is 5.69 Å². The number of nitrogens with one attached hydrogen (secondary N) is 1. The van der Waals surface area contributed by atoms with Crippen molar-refractivity contribution in [2.45, 2.75) is 25.7 Å². The van der Waals surface area contributed by atoms with Gasteiger partial charge in [0.15, 0.2) is 0 Å². The molecule has 0 aromatic heterocycles. The zero-order valence-corrected chi connectivity index (χ0v) is 13.1. The fourth-order valence-electron chi connectivity index (χ4n) is 2.70. The van der Waals surface area contributed by atoms with Gasteiger partial charge >= 0.3 is 0 Å². The van der Waals surface area contributed by atoms with Gasteiger partial charge in [0.25, 0.3) is 0 Å². The molecular formula is C15H23ClN2O2. The first-order valence-corrected chi connectivity index (χ1v) is 7.37. The smallest absolute Gasteiger partial charge is 0.102 e. The number of rotatable bonds is 6. The lowest BCUT2D eigenvalue weighted by atomic mass is 10.1. The number of benzene rings is 1. The molecule has 2 unspecified atom stereocenters. The molecule has 5 heteroatoms. The summed E-state index contributed by atoms with van der Waals surface area (Å²) < 4.78 is 11.0. The molecule has 1 aliphatic rings. The Labute approximate surface area is 126 Å². The van der Waals surface area contributed by atoms with Crippen molar-refractivity contribution in [1.82, 2.24) is 5.32 Å². The molecule has 0 amide bonds. The van der Waals surface area contributed by atoms with Crippen molar-refractivity contribution in [1.29, 1.82) is 0 Å². The third-order valence-corrected chi connectivity index (χ3v) is 4.08. The zero-order chi connectivity index (χ0) is 14.5. The highest BCUT2D eigenvalue weighted by Crippen LogP contribution is 2.33. The second-order valence-electron chi connectivity index (χ2n) is 4.98. The van der Waals surface area contributed by atoms with Gasteiger partial charge in [0.1, 0.15) is 12.2 Å². The third kappa shape index (κ3) is 3.26. The minimum Gasteiger partial charge on any atom is -0.377 e. The van der Waals surface area contributed by atoms with Crippen LogP contribution < -0.4 is 10.2 Å². The van der Waals surface area contributed by atoms with Gasteiger partial charge in [-0.1, -0.05) is 30.7 Å². The van der Waals surface area contributed by atoms with E-state index in [4.69, 9.17) is 21.1 Å². The maximum Gasteiger partial charge on any atom is 0.102 e. The standard InChI is InChI=1S/C15H23ClN2O2/c1-4-17-8-11-6-5-7-12(16)15(11)18-9-13(19-2)14(10-18)20-3/h5-7,13-14,17H,4,8-10H2,1-3H3. The average Bonchev–Trinajstić information content (AvgIpc) is 2.87. The molecule has 20 heavy (non-hydrogen) atoms. The molecule has 1 heterocycles. The molecule has 1 aliphatic heterocycles. The van der Waals surface area contributed by atoms with E-state index in [0.717, 1.165) is 36.9 Å². The Balaban J connectivity index is 2.23. The quantitative estimate of drug-likeness (QED) is 0.874. The first kappa shape index (κ1) is 15.6. The van der Waals surface area contributed by atoms with Gasteiger partial charge in [-0.15, -0.1) is 0 Å². The Morgan fingerprint density at radius 3 is 2.45 bits per heavy atom. The Hall–Kier alpha value is -0.810.